The fourth-order valence-electron chi connectivity index (χ4n) is 9.71. The molecule has 0 saturated heterocycles. The first-order chi connectivity index (χ1) is 39.5. The largest absolute Gasteiger partial charge is 0.462 e. The zero-order valence-electron chi connectivity index (χ0n) is 52.8. The monoisotopic (exact) mass is 1110 g/mol. The van der Waals surface area contributed by atoms with Crippen LogP contribution in [0.5, 0.6) is 0 Å². The SMILES string of the molecule is CC/C=C\C/C=C\C/C=C\C/C=C\C/C=C\C/C=C\CCCCCCCCC(=O)OCC(COC(=O)CCCCCCCCCCCCCCCCCCCC)OC(=O)CCCCCCCCCCC/C=C\C/C=C\CCCCC. The molecule has 6 heteroatoms. The van der Waals surface area contributed by atoms with Crippen molar-refractivity contribution in [3.63, 3.8) is 0 Å². The molecule has 0 aliphatic rings. The lowest BCUT2D eigenvalue weighted by molar-refractivity contribution is -0.167. The van der Waals surface area contributed by atoms with Gasteiger partial charge in [0.05, 0.1) is 0 Å². The molecule has 0 saturated carbocycles. The molecule has 0 heterocycles. The topological polar surface area (TPSA) is 78.9 Å². The molecular weight excluding hydrogens is 985 g/mol. The van der Waals surface area contributed by atoms with E-state index >= 15 is 0 Å². The van der Waals surface area contributed by atoms with Crippen LogP contribution in [0, 0.1) is 0 Å². The average Bonchev–Trinajstić information content (AvgIpc) is 3.46. The predicted octanol–water partition coefficient (Wildman–Crippen LogP) is 23.6. The van der Waals surface area contributed by atoms with Gasteiger partial charge < -0.3 is 14.2 Å². The molecule has 0 fully saturated rings. The second-order valence-corrected chi connectivity index (χ2v) is 22.7. The third kappa shape index (κ3) is 65.1. The Morgan fingerprint density at radius 3 is 0.787 bits per heavy atom. The number of esters is 3. The summed E-state index contributed by atoms with van der Waals surface area (Å²) in [6.45, 7) is 6.53. The molecule has 0 aromatic carbocycles. The third-order valence-electron chi connectivity index (χ3n) is 14.8. The summed E-state index contributed by atoms with van der Waals surface area (Å²) in [4.78, 5) is 38.5. The molecule has 0 rings (SSSR count). The molecule has 0 bridgehead atoms. The fraction of sp³-hybridized carbons (Fsp3) is 0.743. The Labute approximate surface area is 496 Å². The zero-order chi connectivity index (χ0) is 57.8. The van der Waals surface area contributed by atoms with Crippen LogP contribution in [-0.2, 0) is 28.6 Å². The number of allylic oxidation sites excluding steroid dienone is 16. The van der Waals surface area contributed by atoms with Gasteiger partial charge in [0, 0.05) is 19.3 Å². The third-order valence-corrected chi connectivity index (χ3v) is 14.8. The van der Waals surface area contributed by atoms with E-state index in [2.05, 4.69) is 118 Å². The normalized spacial score (nSPS) is 12.7. The molecule has 1 unspecified atom stereocenters. The molecule has 80 heavy (non-hydrogen) atoms. The summed E-state index contributed by atoms with van der Waals surface area (Å²) in [7, 11) is 0. The minimum atomic E-state index is -0.787. The summed E-state index contributed by atoms with van der Waals surface area (Å²) in [5.41, 5.74) is 0. The molecule has 0 aromatic rings. The zero-order valence-corrected chi connectivity index (χ0v) is 52.8. The molecule has 0 aliphatic heterocycles. The lowest BCUT2D eigenvalue weighted by atomic mass is 10.0. The summed E-state index contributed by atoms with van der Waals surface area (Å²) in [6.07, 6.45) is 91.3. The van der Waals surface area contributed by atoms with Gasteiger partial charge in [-0.2, -0.15) is 0 Å². The Hall–Kier alpha value is -3.67. The molecule has 0 aromatic heterocycles. The van der Waals surface area contributed by atoms with Crippen LogP contribution >= 0.6 is 0 Å². The molecular formula is C74H128O6. The number of hydrogen-bond acceptors (Lipinski definition) is 6. The van der Waals surface area contributed by atoms with Gasteiger partial charge in [-0.15, -0.1) is 0 Å². The van der Waals surface area contributed by atoms with E-state index < -0.39 is 6.10 Å². The number of carbonyl (C=O) groups is 3. The number of unbranched alkanes of at least 4 members (excludes halogenated alkanes) is 35. The molecule has 0 radical (unpaired) electrons. The van der Waals surface area contributed by atoms with Crippen molar-refractivity contribution in [3.8, 4) is 0 Å². The number of ether oxygens (including phenoxy) is 3. The Bertz CT molecular complexity index is 1560. The average molecular weight is 1110 g/mol. The Balaban J connectivity index is 4.40. The summed E-state index contributed by atoms with van der Waals surface area (Å²) in [5.74, 6) is -0.884. The number of carbonyl (C=O) groups excluding carboxylic acids is 3. The molecule has 1 atom stereocenters. The number of hydrogen-bond donors (Lipinski definition) is 0. The van der Waals surface area contributed by atoms with Gasteiger partial charge in [0.15, 0.2) is 6.10 Å². The van der Waals surface area contributed by atoms with Crippen molar-refractivity contribution in [1.29, 1.82) is 0 Å². The van der Waals surface area contributed by atoms with E-state index in [1.165, 1.54) is 180 Å². The molecule has 0 spiro atoms. The van der Waals surface area contributed by atoms with Crippen LogP contribution in [0.15, 0.2) is 97.2 Å². The quantitative estimate of drug-likeness (QED) is 0.0261. The molecule has 6 nitrogen and oxygen atoms in total. The Morgan fingerprint density at radius 1 is 0.263 bits per heavy atom. The van der Waals surface area contributed by atoms with Crippen LogP contribution in [0.4, 0.5) is 0 Å². The maximum Gasteiger partial charge on any atom is 0.306 e. The van der Waals surface area contributed by atoms with Crippen molar-refractivity contribution < 1.29 is 28.6 Å². The second-order valence-electron chi connectivity index (χ2n) is 22.7. The van der Waals surface area contributed by atoms with Gasteiger partial charge in [0.25, 0.3) is 0 Å². The van der Waals surface area contributed by atoms with Crippen molar-refractivity contribution in [2.45, 2.75) is 341 Å². The van der Waals surface area contributed by atoms with Crippen LogP contribution < -0.4 is 0 Å². The highest BCUT2D eigenvalue weighted by Gasteiger charge is 2.19. The van der Waals surface area contributed by atoms with Crippen LogP contribution in [0.2, 0.25) is 0 Å². The van der Waals surface area contributed by atoms with E-state index in [1.807, 2.05) is 0 Å². The van der Waals surface area contributed by atoms with Crippen molar-refractivity contribution in [2.75, 3.05) is 13.2 Å². The van der Waals surface area contributed by atoms with Crippen LogP contribution in [0.25, 0.3) is 0 Å². The Kier molecular flexibility index (Phi) is 64.7. The minimum Gasteiger partial charge on any atom is -0.462 e. The van der Waals surface area contributed by atoms with Gasteiger partial charge in [-0.1, -0.05) is 311 Å². The standard InChI is InChI=1S/C74H128O6/c1-4-7-10-13-16-19-22-25-28-31-34-35-36-37-38-39-41-43-46-49-52-55-58-61-64-67-73(76)79-70-71(69-78-72(75)66-63-60-57-54-51-48-45-42-33-30-27-24-21-18-15-12-9-6-3)80-74(77)68-65-62-59-56-53-50-47-44-40-32-29-26-23-20-17-14-11-8-5-2/h7,10,16-17,19-20,25-26,28-29,34-35,37-38,41,43,71H,4-6,8-9,11-15,18,21-24,27,30-33,36,39-40,42,44-70H2,1-3H3/b10-7-,19-16-,20-17-,28-25-,29-26-,35-34-,38-37-,43-41-. The van der Waals surface area contributed by atoms with E-state index in [1.54, 1.807) is 0 Å². The predicted molar refractivity (Wildman–Crippen MR) is 348 cm³/mol. The van der Waals surface area contributed by atoms with E-state index in [4.69, 9.17) is 14.2 Å². The fourth-order valence-corrected chi connectivity index (χ4v) is 9.71. The highest BCUT2D eigenvalue weighted by atomic mass is 16.6. The van der Waals surface area contributed by atoms with Crippen molar-refractivity contribution >= 4 is 17.9 Å². The Morgan fingerprint density at radius 2 is 0.487 bits per heavy atom. The summed E-state index contributed by atoms with van der Waals surface area (Å²) in [5, 5.41) is 0. The second kappa shape index (κ2) is 67.8. The lowest BCUT2D eigenvalue weighted by Crippen LogP contribution is -2.30. The molecule has 0 amide bonds. The minimum absolute atomic E-state index is 0.0811. The van der Waals surface area contributed by atoms with E-state index in [0.29, 0.717) is 19.3 Å². The first-order valence-electron chi connectivity index (χ1n) is 34.2. The van der Waals surface area contributed by atoms with E-state index in [-0.39, 0.29) is 31.1 Å². The maximum absolute atomic E-state index is 12.9. The molecule has 460 valence electrons. The van der Waals surface area contributed by atoms with Crippen molar-refractivity contribution in [1.82, 2.24) is 0 Å². The van der Waals surface area contributed by atoms with E-state index in [0.717, 1.165) is 116 Å². The molecule has 0 aliphatic carbocycles. The van der Waals surface area contributed by atoms with Crippen LogP contribution in [0.3, 0.4) is 0 Å². The van der Waals surface area contributed by atoms with Gasteiger partial charge >= 0.3 is 17.9 Å². The molecule has 0 N–H and O–H groups in total. The smallest absolute Gasteiger partial charge is 0.306 e. The first-order valence-corrected chi connectivity index (χ1v) is 34.2. The van der Waals surface area contributed by atoms with Crippen LogP contribution in [0.1, 0.15) is 335 Å². The van der Waals surface area contributed by atoms with Gasteiger partial charge in [-0.25, -0.2) is 0 Å². The number of rotatable bonds is 62. The van der Waals surface area contributed by atoms with Crippen molar-refractivity contribution in [2.24, 2.45) is 0 Å². The van der Waals surface area contributed by atoms with Gasteiger partial charge in [-0.05, 0) is 103 Å². The van der Waals surface area contributed by atoms with Gasteiger partial charge in [0.2, 0.25) is 0 Å². The highest BCUT2D eigenvalue weighted by molar-refractivity contribution is 5.71. The van der Waals surface area contributed by atoms with Crippen molar-refractivity contribution in [3.05, 3.63) is 97.2 Å². The summed E-state index contributed by atoms with van der Waals surface area (Å²) < 4.78 is 17.0. The highest BCUT2D eigenvalue weighted by Crippen LogP contribution is 2.17. The lowest BCUT2D eigenvalue weighted by Gasteiger charge is -2.18. The van der Waals surface area contributed by atoms with Gasteiger partial charge in [-0.3, -0.25) is 14.4 Å². The van der Waals surface area contributed by atoms with Gasteiger partial charge in [0.1, 0.15) is 13.2 Å². The van der Waals surface area contributed by atoms with E-state index in [9.17, 15) is 14.4 Å². The maximum atomic E-state index is 12.9. The van der Waals surface area contributed by atoms with Crippen LogP contribution in [-0.4, -0.2) is 37.2 Å². The summed E-state index contributed by atoms with van der Waals surface area (Å²) in [6, 6.07) is 0. The summed E-state index contributed by atoms with van der Waals surface area (Å²) >= 11 is 0. The first kappa shape index (κ1) is 76.3.